The van der Waals surface area contributed by atoms with Gasteiger partial charge in [-0.05, 0) is 66.8 Å². The molecule has 0 fully saturated rings. The van der Waals surface area contributed by atoms with Crippen molar-refractivity contribution in [3.05, 3.63) is 125 Å². The van der Waals surface area contributed by atoms with Gasteiger partial charge in [0.1, 0.15) is 11.2 Å². The van der Waals surface area contributed by atoms with E-state index in [-0.39, 0.29) is 40.1 Å². The predicted octanol–water partition coefficient (Wildman–Crippen LogP) is 7.39. The van der Waals surface area contributed by atoms with Gasteiger partial charge >= 0.3 is 24.1 Å². The number of rotatable bonds is 14. The summed E-state index contributed by atoms with van der Waals surface area (Å²) in [5, 5.41) is 22.6. The minimum atomic E-state index is -4.58. The standard InChI is InChI=1S/C39H36F4N2O8/c1-4-53-37(52)38(22-33(46)47,24-10-6-5-7-11-24)19-18-28(36(50)51)29-20-30(35(49)45(2)3)32(21-31(29)40)44-34(48)27-13-9-8-12-26(27)23-14-16-25(17-15-23)39(41,42)43/h5-17,20-21,28H,4,18-19,22H2,1-3H3,(H,44,48)(H,46,47)(H,50,51). The lowest BCUT2D eigenvalue weighted by Gasteiger charge is -2.32. The molecular formula is C39H36F4N2O8. The number of hydrogen-bond donors (Lipinski definition) is 3. The van der Waals surface area contributed by atoms with Gasteiger partial charge in [-0.3, -0.25) is 24.0 Å². The Morgan fingerprint density at radius 2 is 1.45 bits per heavy atom. The first-order chi connectivity index (χ1) is 25.0. The normalized spacial score (nSPS) is 13.0. The molecule has 4 rings (SSSR count). The third-order valence-electron chi connectivity index (χ3n) is 8.70. The van der Waals surface area contributed by atoms with E-state index in [2.05, 4.69) is 5.32 Å². The number of carbonyl (C=O) groups is 5. The maximum Gasteiger partial charge on any atom is 0.416 e. The molecule has 0 spiro atoms. The highest BCUT2D eigenvalue weighted by Gasteiger charge is 2.45. The monoisotopic (exact) mass is 736 g/mol. The first-order valence-corrected chi connectivity index (χ1v) is 16.3. The second kappa shape index (κ2) is 16.5. The molecule has 0 saturated heterocycles. The van der Waals surface area contributed by atoms with Gasteiger partial charge in [-0.15, -0.1) is 0 Å². The minimum Gasteiger partial charge on any atom is -0.481 e. The Hall–Kier alpha value is -6.05. The van der Waals surface area contributed by atoms with Gasteiger partial charge in [-0.25, -0.2) is 4.39 Å². The number of hydrogen-bond acceptors (Lipinski definition) is 6. The topological polar surface area (TPSA) is 150 Å². The SMILES string of the molecule is CCOC(=O)C(CCC(C(=O)O)c1cc(C(=O)N(C)C)c(NC(=O)c2ccccc2-c2ccc(C(F)(F)F)cc2)cc1F)(CC(=O)O)c1ccccc1. The van der Waals surface area contributed by atoms with Crippen LogP contribution in [0, 0.1) is 5.82 Å². The Balaban J connectivity index is 1.75. The highest BCUT2D eigenvalue weighted by molar-refractivity contribution is 6.12. The summed E-state index contributed by atoms with van der Waals surface area (Å²) >= 11 is 0. The van der Waals surface area contributed by atoms with Crippen molar-refractivity contribution in [2.75, 3.05) is 26.0 Å². The molecule has 0 aromatic heterocycles. The molecule has 0 bridgehead atoms. The number of benzene rings is 4. The van der Waals surface area contributed by atoms with E-state index in [4.69, 9.17) is 4.74 Å². The number of nitrogens with zero attached hydrogens (tertiary/aromatic N) is 1. The first kappa shape index (κ1) is 39.7. The molecule has 2 amide bonds. The van der Waals surface area contributed by atoms with E-state index in [1.807, 2.05) is 0 Å². The Labute approximate surface area is 302 Å². The molecule has 2 unspecified atom stereocenters. The van der Waals surface area contributed by atoms with Crippen molar-refractivity contribution >= 4 is 35.4 Å². The van der Waals surface area contributed by atoms with E-state index < -0.39 is 83.4 Å². The molecule has 4 aromatic rings. The first-order valence-electron chi connectivity index (χ1n) is 16.3. The molecule has 0 aliphatic carbocycles. The summed E-state index contributed by atoms with van der Waals surface area (Å²) in [5.41, 5.74) is -3.05. The summed E-state index contributed by atoms with van der Waals surface area (Å²) in [6.45, 7) is 1.43. The van der Waals surface area contributed by atoms with E-state index in [1.54, 1.807) is 24.3 Å². The number of alkyl halides is 3. The number of halogens is 4. The molecule has 4 aromatic carbocycles. The fourth-order valence-electron chi connectivity index (χ4n) is 6.05. The lowest BCUT2D eigenvalue weighted by Crippen LogP contribution is -2.40. The largest absolute Gasteiger partial charge is 0.481 e. The van der Waals surface area contributed by atoms with Crippen LogP contribution in [-0.2, 0) is 30.7 Å². The number of anilines is 1. The third-order valence-corrected chi connectivity index (χ3v) is 8.70. The molecule has 0 heterocycles. The smallest absolute Gasteiger partial charge is 0.416 e. The molecule has 2 atom stereocenters. The zero-order chi connectivity index (χ0) is 39.1. The van der Waals surface area contributed by atoms with Crippen LogP contribution in [0.3, 0.4) is 0 Å². The third kappa shape index (κ3) is 9.07. The highest BCUT2D eigenvalue weighted by Crippen LogP contribution is 2.40. The van der Waals surface area contributed by atoms with Crippen LogP contribution < -0.4 is 5.32 Å². The van der Waals surface area contributed by atoms with E-state index in [1.165, 1.54) is 63.5 Å². The lowest BCUT2D eigenvalue weighted by molar-refractivity contribution is -0.156. The van der Waals surface area contributed by atoms with Gasteiger partial charge in [0.15, 0.2) is 0 Å². The van der Waals surface area contributed by atoms with Crippen LogP contribution in [0.4, 0.5) is 23.2 Å². The zero-order valence-corrected chi connectivity index (χ0v) is 28.9. The van der Waals surface area contributed by atoms with Crippen LogP contribution in [0.2, 0.25) is 0 Å². The van der Waals surface area contributed by atoms with E-state index >= 15 is 4.39 Å². The number of nitrogens with one attached hydrogen (secondary N) is 1. The molecular weight excluding hydrogens is 700 g/mol. The van der Waals surface area contributed by atoms with E-state index in [0.717, 1.165) is 29.2 Å². The van der Waals surface area contributed by atoms with Gasteiger partial charge in [0.05, 0.1) is 35.8 Å². The molecule has 0 aliphatic rings. The van der Waals surface area contributed by atoms with Crippen molar-refractivity contribution in [1.29, 1.82) is 0 Å². The Morgan fingerprint density at radius 3 is 2.02 bits per heavy atom. The van der Waals surface area contributed by atoms with Crippen LogP contribution in [-0.4, -0.2) is 65.5 Å². The average Bonchev–Trinajstić information content (AvgIpc) is 3.11. The lowest BCUT2D eigenvalue weighted by atomic mass is 9.72. The number of carboxylic acids is 2. The van der Waals surface area contributed by atoms with Gasteiger partial charge in [0.25, 0.3) is 11.8 Å². The number of esters is 1. The van der Waals surface area contributed by atoms with Crippen LogP contribution >= 0.6 is 0 Å². The summed E-state index contributed by atoms with van der Waals surface area (Å²) in [5.74, 6) is -8.20. The van der Waals surface area contributed by atoms with Crippen molar-refractivity contribution < 1.29 is 56.5 Å². The zero-order valence-electron chi connectivity index (χ0n) is 28.9. The van der Waals surface area contributed by atoms with E-state index in [9.17, 15) is 47.4 Å². The quantitative estimate of drug-likeness (QED) is 0.0896. The predicted molar refractivity (Wildman–Crippen MR) is 186 cm³/mol. The van der Waals surface area contributed by atoms with Gasteiger partial charge in [-0.1, -0.05) is 60.7 Å². The molecule has 10 nitrogen and oxygen atoms in total. The summed E-state index contributed by atoms with van der Waals surface area (Å²) < 4.78 is 60.8. The maximum absolute atomic E-state index is 16.1. The summed E-state index contributed by atoms with van der Waals surface area (Å²) in [6.07, 6.45) is -6.19. The molecule has 3 N–H and O–H groups in total. The van der Waals surface area contributed by atoms with Crippen LogP contribution in [0.25, 0.3) is 11.1 Å². The average molecular weight is 737 g/mol. The number of carboxylic acid groups (broad SMARTS) is 2. The number of aliphatic carboxylic acids is 2. The molecule has 0 radical (unpaired) electrons. The Morgan fingerprint density at radius 1 is 0.830 bits per heavy atom. The second-order valence-electron chi connectivity index (χ2n) is 12.4. The van der Waals surface area contributed by atoms with Crippen molar-refractivity contribution in [3.8, 4) is 11.1 Å². The second-order valence-corrected chi connectivity index (χ2v) is 12.4. The van der Waals surface area contributed by atoms with Gasteiger partial charge in [-0.2, -0.15) is 13.2 Å². The number of ether oxygens (including phenoxy) is 1. The van der Waals surface area contributed by atoms with Crippen LogP contribution in [0.5, 0.6) is 0 Å². The minimum absolute atomic E-state index is 0.0157. The fourth-order valence-corrected chi connectivity index (χ4v) is 6.05. The van der Waals surface area contributed by atoms with Crippen LogP contribution in [0.15, 0.2) is 91.0 Å². The summed E-state index contributed by atoms with van der Waals surface area (Å²) in [6, 6.07) is 19.7. The highest BCUT2D eigenvalue weighted by atomic mass is 19.4. The number of amides is 2. The fraction of sp³-hybridized carbons (Fsp3) is 0.256. The molecule has 278 valence electrons. The molecule has 0 aliphatic heterocycles. The molecule has 53 heavy (non-hydrogen) atoms. The van der Waals surface area contributed by atoms with Gasteiger partial charge in [0.2, 0.25) is 0 Å². The maximum atomic E-state index is 16.1. The van der Waals surface area contributed by atoms with Gasteiger partial charge in [0, 0.05) is 25.2 Å². The Bertz CT molecular complexity index is 2000. The van der Waals surface area contributed by atoms with Crippen molar-refractivity contribution in [1.82, 2.24) is 4.90 Å². The van der Waals surface area contributed by atoms with Gasteiger partial charge < -0.3 is 25.2 Å². The van der Waals surface area contributed by atoms with Crippen molar-refractivity contribution in [2.45, 2.75) is 43.7 Å². The van der Waals surface area contributed by atoms with Crippen LogP contribution in [0.1, 0.15) is 69.5 Å². The summed E-state index contributed by atoms with van der Waals surface area (Å²) in [7, 11) is 2.76. The van der Waals surface area contributed by atoms with Crippen molar-refractivity contribution in [2.24, 2.45) is 0 Å². The Kier molecular flexibility index (Phi) is 12.4. The molecule has 0 saturated carbocycles. The summed E-state index contributed by atoms with van der Waals surface area (Å²) in [4.78, 5) is 66.3. The van der Waals surface area contributed by atoms with E-state index in [0.29, 0.717) is 0 Å². The van der Waals surface area contributed by atoms with Crippen molar-refractivity contribution in [3.63, 3.8) is 0 Å². The molecule has 14 heteroatoms. The number of carbonyl (C=O) groups excluding carboxylic acids is 3.